The van der Waals surface area contributed by atoms with Crippen LogP contribution in [0, 0.1) is 0 Å². The van der Waals surface area contributed by atoms with Gasteiger partial charge in [0.2, 0.25) is 5.75 Å². The van der Waals surface area contributed by atoms with Gasteiger partial charge in [0.25, 0.3) is 0 Å². The van der Waals surface area contributed by atoms with Crippen LogP contribution in [-0.2, 0) is 11.2 Å². The first kappa shape index (κ1) is 20.9. The van der Waals surface area contributed by atoms with Crippen LogP contribution < -0.4 is 14.2 Å². The predicted molar refractivity (Wildman–Crippen MR) is 109 cm³/mol. The maximum Gasteiger partial charge on any atom is 0.320 e. The number of ether oxygens (including phenoxy) is 3. The van der Waals surface area contributed by atoms with Gasteiger partial charge in [-0.2, -0.15) is 0 Å². The van der Waals surface area contributed by atoms with Gasteiger partial charge in [-0.1, -0.05) is 13.0 Å². The molecule has 0 bridgehead atoms. The number of carbonyl (C=O) groups is 1. The third-order valence-corrected chi connectivity index (χ3v) is 5.45. The quantitative estimate of drug-likeness (QED) is 0.728. The second-order valence-corrected chi connectivity index (χ2v) is 7.04. The second-order valence-electron chi connectivity index (χ2n) is 7.04. The van der Waals surface area contributed by atoms with Gasteiger partial charge < -0.3 is 19.3 Å². The molecule has 1 aliphatic rings. The molecule has 1 saturated heterocycles. The predicted octanol–water partition coefficient (Wildman–Crippen LogP) is 3.31. The van der Waals surface area contributed by atoms with Crippen LogP contribution >= 0.6 is 0 Å². The van der Waals surface area contributed by atoms with Crippen LogP contribution in [0.1, 0.15) is 42.6 Å². The van der Waals surface area contributed by atoms with E-state index in [-0.39, 0.29) is 6.04 Å². The molecule has 0 saturated carbocycles. The Kier molecular flexibility index (Phi) is 6.59. The van der Waals surface area contributed by atoms with Crippen molar-refractivity contribution in [2.45, 2.75) is 38.3 Å². The van der Waals surface area contributed by atoms with Crippen LogP contribution in [0.5, 0.6) is 17.2 Å². The first-order valence-corrected chi connectivity index (χ1v) is 9.77. The number of benzene rings is 1. The molecular formula is C22H28N2O5. The first-order chi connectivity index (χ1) is 14.0. The van der Waals surface area contributed by atoms with Gasteiger partial charge in [0.15, 0.2) is 11.5 Å². The summed E-state index contributed by atoms with van der Waals surface area (Å²) in [5.41, 5.74) is 2.78. The molecule has 1 N–H and O–H groups in total. The summed E-state index contributed by atoms with van der Waals surface area (Å²) in [5, 5.41) is 9.76. The zero-order valence-corrected chi connectivity index (χ0v) is 17.3. The second kappa shape index (κ2) is 9.13. The van der Waals surface area contributed by atoms with Crippen molar-refractivity contribution in [3.63, 3.8) is 0 Å². The normalized spacial score (nSPS) is 17.7. The summed E-state index contributed by atoms with van der Waals surface area (Å²) in [6.07, 6.45) is 4.18. The lowest BCUT2D eigenvalue weighted by atomic mass is 9.98. The Hall–Kier alpha value is -2.80. The average molecular weight is 400 g/mol. The number of hydrogen-bond acceptors (Lipinski definition) is 6. The van der Waals surface area contributed by atoms with E-state index in [9.17, 15) is 9.90 Å². The van der Waals surface area contributed by atoms with Gasteiger partial charge in [-0.15, -0.1) is 0 Å². The zero-order chi connectivity index (χ0) is 21.0. The zero-order valence-electron chi connectivity index (χ0n) is 17.3. The summed E-state index contributed by atoms with van der Waals surface area (Å²) in [7, 11) is 4.70. The van der Waals surface area contributed by atoms with Crippen LogP contribution in [0.25, 0.3) is 0 Å². The van der Waals surface area contributed by atoms with E-state index < -0.39 is 12.0 Å². The number of carboxylic acid groups (broad SMARTS) is 1. The van der Waals surface area contributed by atoms with E-state index in [4.69, 9.17) is 14.2 Å². The minimum Gasteiger partial charge on any atom is -0.493 e. The molecule has 2 unspecified atom stereocenters. The van der Waals surface area contributed by atoms with Crippen molar-refractivity contribution in [1.82, 2.24) is 9.88 Å². The molecule has 0 aliphatic carbocycles. The Labute approximate surface area is 171 Å². The molecule has 3 rings (SSSR count). The van der Waals surface area contributed by atoms with Crippen molar-refractivity contribution in [3.8, 4) is 17.2 Å². The highest BCUT2D eigenvalue weighted by molar-refractivity contribution is 5.74. The maximum absolute atomic E-state index is 11.9. The number of nitrogens with zero attached hydrogens (tertiary/aromatic N) is 2. The molecule has 0 amide bonds. The SMILES string of the molecule is CCc1ccc(C(c2cc(OC)c(OC)c(OC)c2)N2CCCC2C(=O)O)nc1. The van der Waals surface area contributed by atoms with Crippen LogP contribution in [0.4, 0.5) is 0 Å². The standard InChI is InChI=1S/C22H28N2O5/c1-5-14-8-9-16(23-13-14)20(24-10-6-7-17(24)22(25)26)15-11-18(27-2)21(29-4)19(12-15)28-3/h8-9,11-13,17,20H,5-7,10H2,1-4H3,(H,25,26). The number of aryl methyl sites for hydroxylation is 1. The molecule has 7 nitrogen and oxygen atoms in total. The fraction of sp³-hybridized carbons (Fsp3) is 0.455. The van der Waals surface area contributed by atoms with Crippen molar-refractivity contribution in [1.29, 1.82) is 0 Å². The molecule has 1 aliphatic heterocycles. The average Bonchev–Trinajstić information content (AvgIpc) is 3.23. The summed E-state index contributed by atoms with van der Waals surface area (Å²) in [6, 6.07) is 6.87. The fourth-order valence-corrected chi connectivity index (χ4v) is 3.96. The Bertz CT molecular complexity index is 828. The van der Waals surface area contributed by atoms with Crippen LogP contribution in [0.2, 0.25) is 0 Å². The van der Waals surface area contributed by atoms with E-state index in [1.165, 1.54) is 0 Å². The lowest BCUT2D eigenvalue weighted by Crippen LogP contribution is -2.39. The molecule has 1 aromatic heterocycles. The smallest absolute Gasteiger partial charge is 0.320 e. The van der Waals surface area contributed by atoms with E-state index in [1.807, 2.05) is 35.4 Å². The van der Waals surface area contributed by atoms with Crippen molar-refractivity contribution in [2.75, 3.05) is 27.9 Å². The van der Waals surface area contributed by atoms with Crippen molar-refractivity contribution in [3.05, 3.63) is 47.3 Å². The van der Waals surface area contributed by atoms with Gasteiger partial charge in [-0.05, 0) is 48.6 Å². The molecule has 0 spiro atoms. The highest BCUT2D eigenvalue weighted by Crippen LogP contribution is 2.43. The van der Waals surface area contributed by atoms with Crippen LogP contribution in [0.15, 0.2) is 30.5 Å². The van der Waals surface area contributed by atoms with E-state index >= 15 is 0 Å². The molecule has 2 atom stereocenters. The molecule has 1 fully saturated rings. The number of aromatic nitrogens is 1. The number of hydrogen-bond donors (Lipinski definition) is 1. The lowest BCUT2D eigenvalue weighted by Gasteiger charge is -2.32. The maximum atomic E-state index is 11.9. The molecule has 0 radical (unpaired) electrons. The van der Waals surface area contributed by atoms with Gasteiger partial charge in [-0.25, -0.2) is 0 Å². The van der Waals surface area contributed by atoms with Gasteiger partial charge in [0.1, 0.15) is 6.04 Å². The molecular weight excluding hydrogens is 372 g/mol. The Morgan fingerprint density at radius 1 is 1.21 bits per heavy atom. The van der Waals surface area contributed by atoms with E-state index in [0.717, 1.165) is 29.7 Å². The van der Waals surface area contributed by atoms with E-state index in [0.29, 0.717) is 30.2 Å². The van der Waals surface area contributed by atoms with Gasteiger partial charge >= 0.3 is 5.97 Å². The van der Waals surface area contributed by atoms with Crippen molar-refractivity contribution >= 4 is 5.97 Å². The van der Waals surface area contributed by atoms with E-state index in [2.05, 4.69) is 11.9 Å². The van der Waals surface area contributed by atoms with Gasteiger partial charge in [0.05, 0.1) is 33.1 Å². The topological polar surface area (TPSA) is 81.1 Å². The number of pyridine rings is 1. The number of rotatable bonds is 8. The Morgan fingerprint density at radius 2 is 1.90 bits per heavy atom. The summed E-state index contributed by atoms with van der Waals surface area (Å²) >= 11 is 0. The largest absolute Gasteiger partial charge is 0.493 e. The van der Waals surface area contributed by atoms with Crippen LogP contribution in [0.3, 0.4) is 0 Å². The number of likely N-dealkylation sites (tertiary alicyclic amines) is 1. The molecule has 2 heterocycles. The minimum atomic E-state index is -0.815. The Balaban J connectivity index is 2.15. The molecule has 7 heteroatoms. The first-order valence-electron chi connectivity index (χ1n) is 9.77. The molecule has 156 valence electrons. The van der Waals surface area contributed by atoms with E-state index in [1.54, 1.807) is 21.3 Å². The van der Waals surface area contributed by atoms with Gasteiger partial charge in [-0.3, -0.25) is 14.7 Å². The van der Waals surface area contributed by atoms with Crippen molar-refractivity contribution < 1.29 is 24.1 Å². The lowest BCUT2D eigenvalue weighted by molar-refractivity contribution is -0.142. The van der Waals surface area contributed by atoms with Gasteiger partial charge in [0, 0.05) is 12.7 Å². The Morgan fingerprint density at radius 3 is 2.38 bits per heavy atom. The van der Waals surface area contributed by atoms with Crippen molar-refractivity contribution in [2.24, 2.45) is 0 Å². The number of methoxy groups -OCH3 is 3. The number of aliphatic carboxylic acids is 1. The molecule has 29 heavy (non-hydrogen) atoms. The number of carboxylic acids is 1. The summed E-state index contributed by atoms with van der Waals surface area (Å²) in [4.78, 5) is 18.6. The summed E-state index contributed by atoms with van der Waals surface area (Å²) in [5.74, 6) is 0.749. The third-order valence-electron chi connectivity index (χ3n) is 5.45. The minimum absolute atomic E-state index is 0.335. The molecule has 1 aromatic carbocycles. The summed E-state index contributed by atoms with van der Waals surface area (Å²) in [6.45, 7) is 2.75. The molecule has 2 aromatic rings. The monoisotopic (exact) mass is 400 g/mol. The highest BCUT2D eigenvalue weighted by atomic mass is 16.5. The fourth-order valence-electron chi connectivity index (χ4n) is 3.96. The summed E-state index contributed by atoms with van der Waals surface area (Å²) < 4.78 is 16.5. The highest BCUT2D eigenvalue weighted by Gasteiger charge is 2.38. The third kappa shape index (κ3) is 4.15. The van der Waals surface area contributed by atoms with Crippen LogP contribution in [-0.4, -0.2) is 54.9 Å².